The number of nitriles is 1. The number of hydrogen-bond acceptors (Lipinski definition) is 2. The fraction of sp³-hybridized carbons (Fsp3) is 0.300. The topological polar surface area (TPSA) is 35.8 Å². The molecular formula is C10H11ClN2. The van der Waals surface area contributed by atoms with E-state index in [4.69, 9.17) is 16.9 Å². The number of rotatable bonds is 3. The Morgan fingerprint density at radius 3 is 2.85 bits per heavy atom. The molecule has 0 unspecified atom stereocenters. The zero-order chi connectivity index (χ0) is 9.68. The van der Waals surface area contributed by atoms with E-state index in [1.807, 2.05) is 37.3 Å². The lowest BCUT2D eigenvalue weighted by Gasteiger charge is -2.12. The van der Waals surface area contributed by atoms with Crippen molar-refractivity contribution in [2.75, 3.05) is 6.54 Å². The van der Waals surface area contributed by atoms with E-state index in [1.165, 1.54) is 0 Å². The second-order valence-corrected chi connectivity index (χ2v) is 3.19. The van der Waals surface area contributed by atoms with Crippen LogP contribution in [-0.4, -0.2) is 6.54 Å². The Hall–Kier alpha value is -1.04. The molecule has 0 bridgehead atoms. The number of nitrogens with zero attached hydrogens (tertiary/aromatic N) is 1. The van der Waals surface area contributed by atoms with Crippen molar-refractivity contribution in [1.82, 2.24) is 5.32 Å². The minimum Gasteiger partial charge on any atom is -0.298 e. The Morgan fingerprint density at radius 1 is 1.54 bits per heavy atom. The zero-order valence-corrected chi connectivity index (χ0v) is 8.17. The highest BCUT2D eigenvalue weighted by Gasteiger charge is 2.06. The average molecular weight is 195 g/mol. The molecule has 0 heterocycles. The van der Waals surface area contributed by atoms with Gasteiger partial charge in [-0.05, 0) is 18.6 Å². The molecule has 3 heteroatoms. The molecule has 0 saturated heterocycles. The highest BCUT2D eigenvalue weighted by Crippen LogP contribution is 2.21. The van der Waals surface area contributed by atoms with Crippen LogP contribution < -0.4 is 5.32 Å². The Bertz CT molecular complexity index is 317. The Balaban J connectivity index is 2.72. The lowest BCUT2D eigenvalue weighted by atomic mass is 10.1. The van der Waals surface area contributed by atoms with Crippen LogP contribution in [0.3, 0.4) is 0 Å². The van der Waals surface area contributed by atoms with E-state index >= 15 is 0 Å². The van der Waals surface area contributed by atoms with E-state index in [1.54, 1.807) is 0 Å². The van der Waals surface area contributed by atoms with Gasteiger partial charge in [0.2, 0.25) is 0 Å². The van der Waals surface area contributed by atoms with Crippen molar-refractivity contribution in [1.29, 1.82) is 5.26 Å². The molecule has 0 aliphatic rings. The molecule has 0 radical (unpaired) electrons. The molecule has 0 saturated carbocycles. The Morgan fingerprint density at radius 2 is 2.23 bits per heavy atom. The van der Waals surface area contributed by atoms with Gasteiger partial charge < -0.3 is 0 Å². The summed E-state index contributed by atoms with van der Waals surface area (Å²) in [5.74, 6) is 0. The third-order valence-electron chi connectivity index (χ3n) is 1.86. The van der Waals surface area contributed by atoms with Crippen LogP contribution in [0.4, 0.5) is 0 Å². The van der Waals surface area contributed by atoms with Gasteiger partial charge in [0.1, 0.15) is 0 Å². The summed E-state index contributed by atoms with van der Waals surface area (Å²) in [6.07, 6.45) is 0. The molecule has 0 aliphatic heterocycles. The third-order valence-corrected chi connectivity index (χ3v) is 2.20. The summed E-state index contributed by atoms with van der Waals surface area (Å²) in [7, 11) is 0. The molecule has 0 aliphatic carbocycles. The molecule has 13 heavy (non-hydrogen) atoms. The first-order valence-corrected chi connectivity index (χ1v) is 4.48. The number of halogens is 1. The standard InChI is InChI=1S/C10H11ClN2/c1-8(13-7-6-12)9-4-2-3-5-10(9)11/h2-5,8,13H,7H2,1H3/t8-/m0/s1. The van der Waals surface area contributed by atoms with Gasteiger partial charge in [0, 0.05) is 11.1 Å². The molecule has 2 nitrogen and oxygen atoms in total. The van der Waals surface area contributed by atoms with Crippen molar-refractivity contribution in [3.63, 3.8) is 0 Å². The first-order chi connectivity index (χ1) is 6.25. The van der Waals surface area contributed by atoms with E-state index in [0.717, 1.165) is 10.6 Å². The zero-order valence-electron chi connectivity index (χ0n) is 7.42. The van der Waals surface area contributed by atoms with Crippen LogP contribution >= 0.6 is 11.6 Å². The minimum absolute atomic E-state index is 0.119. The van der Waals surface area contributed by atoms with Gasteiger partial charge in [-0.2, -0.15) is 5.26 Å². The maximum absolute atomic E-state index is 8.39. The Kier molecular flexibility index (Phi) is 3.75. The minimum atomic E-state index is 0.119. The van der Waals surface area contributed by atoms with Crippen LogP contribution in [0.5, 0.6) is 0 Å². The van der Waals surface area contributed by atoms with E-state index in [0.29, 0.717) is 6.54 Å². The van der Waals surface area contributed by atoms with Gasteiger partial charge in [-0.25, -0.2) is 0 Å². The molecule has 1 N–H and O–H groups in total. The molecule has 1 atom stereocenters. The number of benzene rings is 1. The van der Waals surface area contributed by atoms with E-state index in [2.05, 4.69) is 5.32 Å². The van der Waals surface area contributed by atoms with Crippen molar-refractivity contribution in [3.05, 3.63) is 34.9 Å². The molecule has 0 fully saturated rings. The van der Waals surface area contributed by atoms with Crippen molar-refractivity contribution < 1.29 is 0 Å². The van der Waals surface area contributed by atoms with Crippen molar-refractivity contribution >= 4 is 11.6 Å². The van der Waals surface area contributed by atoms with Gasteiger partial charge in [0.05, 0.1) is 12.6 Å². The maximum Gasteiger partial charge on any atom is 0.0845 e. The smallest absolute Gasteiger partial charge is 0.0845 e. The van der Waals surface area contributed by atoms with E-state index < -0.39 is 0 Å². The monoisotopic (exact) mass is 194 g/mol. The molecule has 0 amide bonds. The summed E-state index contributed by atoms with van der Waals surface area (Å²) in [6, 6.07) is 9.78. The molecule has 68 valence electrons. The van der Waals surface area contributed by atoms with Crippen LogP contribution in [0.2, 0.25) is 5.02 Å². The molecule has 0 aromatic heterocycles. The summed E-state index contributed by atoms with van der Waals surface area (Å²) in [5.41, 5.74) is 1.03. The Labute approximate surface area is 83.1 Å². The maximum atomic E-state index is 8.39. The predicted octanol–water partition coefficient (Wildman–Crippen LogP) is 2.51. The fourth-order valence-corrected chi connectivity index (χ4v) is 1.43. The van der Waals surface area contributed by atoms with Gasteiger partial charge in [-0.1, -0.05) is 29.8 Å². The van der Waals surface area contributed by atoms with Gasteiger partial charge >= 0.3 is 0 Å². The molecular weight excluding hydrogens is 184 g/mol. The fourth-order valence-electron chi connectivity index (χ4n) is 1.13. The predicted molar refractivity (Wildman–Crippen MR) is 53.5 cm³/mol. The second kappa shape index (κ2) is 4.86. The number of hydrogen-bond donors (Lipinski definition) is 1. The van der Waals surface area contributed by atoms with Crippen molar-refractivity contribution in [3.8, 4) is 6.07 Å². The van der Waals surface area contributed by atoms with E-state index in [-0.39, 0.29) is 6.04 Å². The van der Waals surface area contributed by atoms with Gasteiger partial charge in [0.15, 0.2) is 0 Å². The largest absolute Gasteiger partial charge is 0.298 e. The SMILES string of the molecule is C[C@H](NCC#N)c1ccccc1Cl. The second-order valence-electron chi connectivity index (χ2n) is 2.78. The number of nitrogens with one attached hydrogen (secondary N) is 1. The highest BCUT2D eigenvalue weighted by molar-refractivity contribution is 6.31. The summed E-state index contributed by atoms with van der Waals surface area (Å²) in [6.45, 7) is 2.32. The van der Waals surface area contributed by atoms with Crippen LogP contribution in [-0.2, 0) is 0 Å². The lowest BCUT2D eigenvalue weighted by molar-refractivity contribution is 0.621. The summed E-state index contributed by atoms with van der Waals surface area (Å²) < 4.78 is 0. The van der Waals surface area contributed by atoms with Crippen LogP contribution in [0.1, 0.15) is 18.5 Å². The van der Waals surface area contributed by atoms with Gasteiger partial charge in [-0.15, -0.1) is 0 Å². The molecule has 1 aromatic carbocycles. The van der Waals surface area contributed by atoms with E-state index in [9.17, 15) is 0 Å². The van der Waals surface area contributed by atoms with Gasteiger partial charge in [-0.3, -0.25) is 5.32 Å². The lowest BCUT2D eigenvalue weighted by Crippen LogP contribution is -2.18. The summed E-state index contributed by atoms with van der Waals surface area (Å²) >= 11 is 5.98. The average Bonchev–Trinajstić information content (AvgIpc) is 2.15. The van der Waals surface area contributed by atoms with Crippen LogP contribution in [0.15, 0.2) is 24.3 Å². The first kappa shape index (κ1) is 10.0. The normalized spacial score (nSPS) is 12.1. The summed E-state index contributed by atoms with van der Waals surface area (Å²) in [4.78, 5) is 0. The first-order valence-electron chi connectivity index (χ1n) is 4.10. The molecule has 0 spiro atoms. The van der Waals surface area contributed by atoms with Crippen molar-refractivity contribution in [2.45, 2.75) is 13.0 Å². The molecule has 1 rings (SSSR count). The van der Waals surface area contributed by atoms with Crippen molar-refractivity contribution in [2.24, 2.45) is 0 Å². The highest BCUT2D eigenvalue weighted by atomic mass is 35.5. The quantitative estimate of drug-likeness (QED) is 0.751. The molecule has 1 aromatic rings. The van der Waals surface area contributed by atoms with Crippen LogP contribution in [0.25, 0.3) is 0 Å². The van der Waals surface area contributed by atoms with Gasteiger partial charge in [0.25, 0.3) is 0 Å². The third kappa shape index (κ3) is 2.73. The van der Waals surface area contributed by atoms with Crippen LogP contribution in [0, 0.1) is 11.3 Å². The summed E-state index contributed by atoms with van der Waals surface area (Å²) in [5, 5.41) is 12.2.